The number of hydrogen-bond acceptors (Lipinski definition) is 2. The Morgan fingerprint density at radius 2 is 1.02 bits per heavy atom. The van der Waals surface area contributed by atoms with Gasteiger partial charge in [-0.1, -0.05) is 125 Å². The second-order valence-corrected chi connectivity index (χ2v) is 14.0. The van der Waals surface area contributed by atoms with Crippen molar-refractivity contribution in [3.05, 3.63) is 162 Å². The minimum absolute atomic E-state index is 0.393. The summed E-state index contributed by atoms with van der Waals surface area (Å²) in [4.78, 5) is 4.98. The first-order valence-corrected chi connectivity index (χ1v) is 17.5. The predicted molar refractivity (Wildman–Crippen MR) is 209 cm³/mol. The van der Waals surface area contributed by atoms with E-state index < -0.39 is 0 Å². The molecule has 240 valence electrons. The lowest BCUT2D eigenvalue weighted by atomic mass is 9.89. The van der Waals surface area contributed by atoms with E-state index in [9.17, 15) is 0 Å². The van der Waals surface area contributed by atoms with Gasteiger partial charge in [-0.2, -0.15) is 0 Å². The SMILES string of the molecule is Cc1ccc(N(c2ccccc2)c2c3ccc(C(C)C)cc3c(N(C3=CCC(C)C=C3)c3ccccc3)c3ccc(C(C)C)cc23)cc1. The highest BCUT2D eigenvalue weighted by atomic mass is 15.2. The predicted octanol–water partition coefficient (Wildman–Crippen LogP) is 13.6. The van der Waals surface area contributed by atoms with Gasteiger partial charge >= 0.3 is 0 Å². The summed E-state index contributed by atoms with van der Waals surface area (Å²) in [7, 11) is 0. The molecule has 0 saturated heterocycles. The molecule has 0 saturated carbocycles. The van der Waals surface area contributed by atoms with E-state index in [2.05, 4.69) is 191 Å². The maximum absolute atomic E-state index is 2.51. The summed E-state index contributed by atoms with van der Waals surface area (Å²) < 4.78 is 0. The van der Waals surface area contributed by atoms with Crippen LogP contribution in [0.1, 0.15) is 69.6 Å². The highest BCUT2D eigenvalue weighted by Crippen LogP contribution is 2.51. The summed E-state index contributed by atoms with van der Waals surface area (Å²) in [6.45, 7) is 13.6. The Bertz CT molecular complexity index is 2120. The zero-order valence-electron chi connectivity index (χ0n) is 29.1. The second kappa shape index (κ2) is 13.2. The molecule has 0 fully saturated rings. The average molecular weight is 627 g/mol. The van der Waals surface area contributed by atoms with Crippen molar-refractivity contribution >= 4 is 50.0 Å². The molecular formula is C46H46N2. The normalized spacial score (nSPS) is 14.6. The average Bonchev–Trinajstić information content (AvgIpc) is 3.11. The molecule has 1 aliphatic rings. The monoisotopic (exact) mass is 626 g/mol. The lowest BCUT2D eigenvalue weighted by molar-refractivity contribution is 0.728. The van der Waals surface area contributed by atoms with Gasteiger partial charge in [0.2, 0.25) is 0 Å². The zero-order chi connectivity index (χ0) is 33.4. The molecule has 0 aliphatic heterocycles. The quantitative estimate of drug-likeness (QED) is 0.122. The molecule has 2 nitrogen and oxygen atoms in total. The van der Waals surface area contributed by atoms with Crippen molar-refractivity contribution in [3.8, 4) is 0 Å². The molecule has 48 heavy (non-hydrogen) atoms. The van der Waals surface area contributed by atoms with Crippen LogP contribution in [-0.4, -0.2) is 0 Å². The number of fused-ring (bicyclic) bond motifs is 2. The third-order valence-electron chi connectivity index (χ3n) is 9.76. The molecule has 2 heteroatoms. The number of benzene rings is 6. The first-order chi connectivity index (χ1) is 23.3. The van der Waals surface area contributed by atoms with Crippen LogP contribution in [-0.2, 0) is 0 Å². The van der Waals surface area contributed by atoms with Gasteiger partial charge in [0.1, 0.15) is 0 Å². The molecule has 1 atom stereocenters. The molecule has 6 aromatic carbocycles. The van der Waals surface area contributed by atoms with Crippen LogP contribution in [0.2, 0.25) is 0 Å². The van der Waals surface area contributed by atoms with Gasteiger partial charge in [0, 0.05) is 44.3 Å². The molecule has 0 radical (unpaired) electrons. The highest BCUT2D eigenvalue weighted by molar-refractivity contribution is 6.23. The number of hydrogen-bond donors (Lipinski definition) is 0. The zero-order valence-corrected chi connectivity index (χ0v) is 29.1. The summed E-state index contributed by atoms with van der Waals surface area (Å²) in [5.41, 5.74) is 11.0. The van der Waals surface area contributed by atoms with E-state index in [1.54, 1.807) is 0 Å². The molecule has 0 amide bonds. The van der Waals surface area contributed by atoms with E-state index in [4.69, 9.17) is 0 Å². The topological polar surface area (TPSA) is 6.48 Å². The standard InChI is InChI=1S/C46H46N2/c1-31(2)35-21-27-41-43(29-35)45(47(37-13-9-7-10-14-37)39-23-17-33(5)18-24-39)42-28-22-36(32(3)4)30-44(42)46(41)48(38-15-11-8-12-16-38)40-25-19-34(6)20-26-40/h7-19,21-32,34H,20H2,1-6H3. The van der Waals surface area contributed by atoms with Crippen LogP contribution in [0.3, 0.4) is 0 Å². The van der Waals surface area contributed by atoms with E-state index in [1.807, 2.05) is 0 Å². The molecule has 1 aliphatic carbocycles. The van der Waals surface area contributed by atoms with Crippen LogP contribution in [0.15, 0.2) is 145 Å². The van der Waals surface area contributed by atoms with Crippen LogP contribution in [0, 0.1) is 12.8 Å². The van der Waals surface area contributed by atoms with E-state index in [1.165, 1.54) is 61.0 Å². The number of para-hydroxylation sites is 2. The van der Waals surface area contributed by atoms with Crippen molar-refractivity contribution in [2.24, 2.45) is 5.92 Å². The number of aryl methyl sites for hydroxylation is 1. The summed E-state index contributed by atoms with van der Waals surface area (Å²) in [6, 6.07) is 45.1. The molecule has 0 N–H and O–H groups in total. The van der Waals surface area contributed by atoms with Gasteiger partial charge in [0.25, 0.3) is 0 Å². The Morgan fingerprint density at radius 1 is 0.542 bits per heavy atom. The summed E-state index contributed by atoms with van der Waals surface area (Å²) >= 11 is 0. The van der Waals surface area contributed by atoms with Crippen LogP contribution >= 0.6 is 0 Å². The number of anilines is 5. The number of nitrogens with zero attached hydrogens (tertiary/aromatic N) is 2. The highest BCUT2D eigenvalue weighted by Gasteiger charge is 2.27. The van der Waals surface area contributed by atoms with Crippen LogP contribution < -0.4 is 9.80 Å². The number of rotatable bonds is 8. The second-order valence-electron chi connectivity index (χ2n) is 14.0. The molecule has 0 aromatic heterocycles. The Morgan fingerprint density at radius 3 is 1.50 bits per heavy atom. The maximum atomic E-state index is 2.51. The van der Waals surface area contributed by atoms with Crippen LogP contribution in [0.4, 0.5) is 28.4 Å². The van der Waals surface area contributed by atoms with Gasteiger partial charge in [-0.25, -0.2) is 0 Å². The van der Waals surface area contributed by atoms with Crippen LogP contribution in [0.25, 0.3) is 21.5 Å². The van der Waals surface area contributed by atoms with Gasteiger partial charge in [0.15, 0.2) is 0 Å². The Hall–Kier alpha value is -5.08. The van der Waals surface area contributed by atoms with Gasteiger partial charge in [-0.15, -0.1) is 0 Å². The van der Waals surface area contributed by atoms with Crippen molar-refractivity contribution in [1.29, 1.82) is 0 Å². The van der Waals surface area contributed by atoms with Crippen molar-refractivity contribution in [2.75, 3.05) is 9.80 Å². The van der Waals surface area contributed by atoms with Crippen molar-refractivity contribution in [2.45, 2.75) is 59.8 Å². The summed E-state index contributed by atoms with van der Waals surface area (Å²) in [6.07, 6.45) is 8.12. The fourth-order valence-corrected chi connectivity index (χ4v) is 6.96. The molecule has 6 aromatic rings. The first-order valence-electron chi connectivity index (χ1n) is 17.5. The summed E-state index contributed by atoms with van der Waals surface area (Å²) in [5, 5.41) is 4.99. The van der Waals surface area contributed by atoms with E-state index >= 15 is 0 Å². The maximum Gasteiger partial charge on any atom is 0.0620 e. The first kappa shape index (κ1) is 31.5. The molecule has 0 heterocycles. The molecular weight excluding hydrogens is 581 g/mol. The van der Waals surface area contributed by atoms with Gasteiger partial charge in [0.05, 0.1) is 11.4 Å². The van der Waals surface area contributed by atoms with Gasteiger partial charge in [-0.3, -0.25) is 0 Å². The molecule has 7 rings (SSSR count). The van der Waals surface area contributed by atoms with Crippen molar-refractivity contribution in [3.63, 3.8) is 0 Å². The Kier molecular flexibility index (Phi) is 8.67. The van der Waals surface area contributed by atoms with Crippen LogP contribution in [0.5, 0.6) is 0 Å². The largest absolute Gasteiger partial charge is 0.310 e. The fraction of sp³-hybridized carbons (Fsp3) is 0.217. The third kappa shape index (κ3) is 5.92. The fourth-order valence-electron chi connectivity index (χ4n) is 6.96. The van der Waals surface area contributed by atoms with Crippen molar-refractivity contribution < 1.29 is 0 Å². The molecule has 0 bridgehead atoms. The third-order valence-corrected chi connectivity index (χ3v) is 9.76. The smallest absolute Gasteiger partial charge is 0.0620 e. The van der Waals surface area contributed by atoms with E-state index in [0.717, 1.165) is 17.8 Å². The summed E-state index contributed by atoms with van der Waals surface area (Å²) in [5.74, 6) is 1.31. The van der Waals surface area contributed by atoms with E-state index in [0.29, 0.717) is 17.8 Å². The van der Waals surface area contributed by atoms with Gasteiger partial charge in [-0.05, 0) is 96.8 Å². The Labute approximate surface area is 286 Å². The minimum atomic E-state index is 0.393. The number of allylic oxidation sites excluding steroid dienone is 3. The molecule has 1 unspecified atom stereocenters. The van der Waals surface area contributed by atoms with E-state index in [-0.39, 0.29) is 0 Å². The molecule has 0 spiro atoms. The van der Waals surface area contributed by atoms with Crippen molar-refractivity contribution in [1.82, 2.24) is 0 Å². The minimum Gasteiger partial charge on any atom is -0.310 e. The van der Waals surface area contributed by atoms with Gasteiger partial charge < -0.3 is 9.80 Å². The Balaban J connectivity index is 1.67. The lowest BCUT2D eigenvalue weighted by Crippen LogP contribution is -2.19. The lowest BCUT2D eigenvalue weighted by Gasteiger charge is -2.34.